The van der Waals surface area contributed by atoms with Crippen LogP contribution in [0.4, 0.5) is 11.4 Å². The summed E-state index contributed by atoms with van der Waals surface area (Å²) in [6, 6.07) is 18.9. The molecule has 0 radical (unpaired) electrons. The summed E-state index contributed by atoms with van der Waals surface area (Å²) in [6.07, 6.45) is 3.96. The Kier molecular flexibility index (Phi) is 5.05. The van der Waals surface area contributed by atoms with E-state index in [4.69, 9.17) is 12.2 Å². The maximum atomic E-state index is 5.78. The summed E-state index contributed by atoms with van der Waals surface area (Å²) < 4.78 is 2.28. The van der Waals surface area contributed by atoms with E-state index in [1.54, 1.807) is 0 Å². The van der Waals surface area contributed by atoms with Crippen LogP contribution in [-0.4, -0.2) is 28.8 Å². The normalized spacial score (nSPS) is 19.0. The first-order valence-corrected chi connectivity index (χ1v) is 9.94. The molecule has 4 rings (SSSR count). The van der Waals surface area contributed by atoms with Gasteiger partial charge in [-0.15, -0.1) is 0 Å². The van der Waals surface area contributed by atoms with Gasteiger partial charge in [0.25, 0.3) is 0 Å². The van der Waals surface area contributed by atoms with Crippen molar-refractivity contribution in [3.63, 3.8) is 0 Å². The quantitative estimate of drug-likeness (QED) is 0.662. The minimum atomic E-state index is -0.0116. The van der Waals surface area contributed by atoms with Crippen molar-refractivity contribution in [1.29, 1.82) is 0 Å². The van der Waals surface area contributed by atoms with Crippen molar-refractivity contribution in [2.24, 2.45) is 0 Å². The second-order valence-electron chi connectivity index (χ2n) is 7.13. The molecule has 0 amide bonds. The van der Waals surface area contributed by atoms with Crippen molar-refractivity contribution in [2.75, 3.05) is 23.9 Å². The van der Waals surface area contributed by atoms with E-state index < -0.39 is 0 Å². The number of aryl methyl sites for hydroxylation is 1. The molecule has 0 unspecified atom stereocenters. The molecule has 1 fully saturated rings. The molecule has 1 aliphatic rings. The van der Waals surface area contributed by atoms with Gasteiger partial charge in [-0.2, -0.15) is 0 Å². The number of anilines is 2. The lowest BCUT2D eigenvalue weighted by atomic mass is 10.0. The molecule has 5 nitrogen and oxygen atoms in total. The number of nitrogens with one attached hydrogen (secondary N) is 1. The number of pyridine rings is 1. The van der Waals surface area contributed by atoms with Crippen LogP contribution in [0.15, 0.2) is 67.0 Å². The van der Waals surface area contributed by atoms with Crippen LogP contribution < -0.4 is 15.1 Å². The molecule has 144 valence electrons. The number of aromatic nitrogens is 2. The SMILES string of the molecule is CCn1cccc1[C@H]1[C@@H](c2ccccn2)NC(=S)N1c1ccc(N(C)C)cc1. The zero-order valence-corrected chi connectivity index (χ0v) is 17.2. The van der Waals surface area contributed by atoms with Gasteiger partial charge in [0.05, 0.1) is 11.7 Å². The molecule has 0 aliphatic carbocycles. The summed E-state index contributed by atoms with van der Waals surface area (Å²) >= 11 is 5.78. The van der Waals surface area contributed by atoms with Crippen molar-refractivity contribution in [1.82, 2.24) is 14.9 Å². The van der Waals surface area contributed by atoms with Gasteiger partial charge in [-0.05, 0) is 67.7 Å². The predicted octanol–water partition coefficient (Wildman–Crippen LogP) is 4.15. The highest BCUT2D eigenvalue weighted by atomic mass is 32.1. The van der Waals surface area contributed by atoms with Gasteiger partial charge in [0, 0.05) is 50.1 Å². The lowest BCUT2D eigenvalue weighted by Gasteiger charge is -2.29. The standard InChI is InChI=1S/C22H25N5S/c1-4-26-15-7-9-19(26)21-20(18-8-5-6-14-23-18)24-22(28)27(21)17-12-10-16(11-13-17)25(2)3/h5-15,20-21H,4H2,1-3H3,(H,24,28)/t20-,21+/m1/s1. The first-order chi connectivity index (χ1) is 13.6. The van der Waals surface area contributed by atoms with Gasteiger partial charge < -0.3 is 19.7 Å². The van der Waals surface area contributed by atoms with Gasteiger partial charge in [-0.1, -0.05) is 6.07 Å². The fourth-order valence-corrected chi connectivity index (χ4v) is 4.17. The number of nitrogens with zero attached hydrogens (tertiary/aromatic N) is 4. The summed E-state index contributed by atoms with van der Waals surface area (Å²) in [7, 11) is 4.09. The molecule has 2 atom stereocenters. The maximum absolute atomic E-state index is 5.78. The zero-order valence-electron chi connectivity index (χ0n) is 16.4. The summed E-state index contributed by atoms with van der Waals surface area (Å²) in [4.78, 5) is 8.93. The third-order valence-electron chi connectivity index (χ3n) is 5.25. The van der Waals surface area contributed by atoms with E-state index in [0.29, 0.717) is 0 Å². The van der Waals surface area contributed by atoms with Crippen LogP contribution in [-0.2, 0) is 6.54 Å². The third kappa shape index (κ3) is 3.24. The Balaban J connectivity index is 1.80. The van der Waals surface area contributed by atoms with E-state index >= 15 is 0 Å². The number of rotatable bonds is 5. The van der Waals surface area contributed by atoms with Gasteiger partial charge in [0.1, 0.15) is 6.04 Å². The van der Waals surface area contributed by atoms with E-state index in [9.17, 15) is 0 Å². The van der Waals surface area contributed by atoms with Crippen LogP contribution in [0.3, 0.4) is 0 Å². The molecule has 0 spiro atoms. The summed E-state index contributed by atoms with van der Waals surface area (Å²) in [5.74, 6) is 0. The molecule has 3 heterocycles. The minimum absolute atomic E-state index is 0.0116. The van der Waals surface area contributed by atoms with Crippen LogP contribution in [0.2, 0.25) is 0 Å². The third-order valence-corrected chi connectivity index (χ3v) is 5.57. The highest BCUT2D eigenvalue weighted by molar-refractivity contribution is 7.80. The van der Waals surface area contributed by atoms with Gasteiger partial charge >= 0.3 is 0 Å². The molecule has 0 bridgehead atoms. The fraction of sp³-hybridized carbons (Fsp3) is 0.273. The molecule has 1 aliphatic heterocycles. The summed E-state index contributed by atoms with van der Waals surface area (Å²) in [5.41, 5.74) is 4.46. The van der Waals surface area contributed by atoms with Gasteiger partial charge in [-0.3, -0.25) is 4.98 Å². The predicted molar refractivity (Wildman–Crippen MR) is 119 cm³/mol. The van der Waals surface area contributed by atoms with Gasteiger partial charge in [0.2, 0.25) is 0 Å². The fourth-order valence-electron chi connectivity index (χ4n) is 3.83. The number of benzene rings is 1. The Morgan fingerprint density at radius 3 is 2.50 bits per heavy atom. The van der Waals surface area contributed by atoms with Crippen LogP contribution in [0, 0.1) is 0 Å². The van der Waals surface area contributed by atoms with Crippen molar-refractivity contribution >= 4 is 28.7 Å². The molecule has 2 aromatic heterocycles. The molecule has 1 saturated heterocycles. The highest BCUT2D eigenvalue weighted by Crippen LogP contribution is 2.41. The van der Waals surface area contributed by atoms with Crippen molar-refractivity contribution in [2.45, 2.75) is 25.6 Å². The molecule has 6 heteroatoms. The average molecular weight is 392 g/mol. The molecule has 3 aromatic rings. The van der Waals surface area contributed by atoms with E-state index in [1.807, 2.05) is 32.4 Å². The Bertz CT molecular complexity index is 949. The second-order valence-corrected chi connectivity index (χ2v) is 7.51. The molecule has 28 heavy (non-hydrogen) atoms. The number of hydrogen-bond acceptors (Lipinski definition) is 3. The van der Waals surface area contributed by atoms with Crippen LogP contribution >= 0.6 is 12.2 Å². The summed E-state index contributed by atoms with van der Waals surface area (Å²) in [6.45, 7) is 3.07. The van der Waals surface area contributed by atoms with Crippen LogP contribution in [0.5, 0.6) is 0 Å². The zero-order chi connectivity index (χ0) is 19.7. The van der Waals surface area contributed by atoms with E-state index in [1.165, 1.54) is 5.69 Å². The van der Waals surface area contributed by atoms with E-state index in [0.717, 1.165) is 28.7 Å². The minimum Gasteiger partial charge on any atom is -0.378 e. The molecule has 1 aromatic carbocycles. The maximum Gasteiger partial charge on any atom is 0.174 e. The molecular formula is C22H25N5S. The lowest BCUT2D eigenvalue weighted by Crippen LogP contribution is -2.30. The van der Waals surface area contributed by atoms with Crippen molar-refractivity contribution in [3.05, 3.63) is 78.4 Å². The molecular weight excluding hydrogens is 366 g/mol. The first-order valence-electron chi connectivity index (χ1n) is 9.53. The van der Waals surface area contributed by atoms with Gasteiger partial charge in [0.15, 0.2) is 5.11 Å². The second kappa shape index (κ2) is 7.64. The monoisotopic (exact) mass is 391 g/mol. The lowest BCUT2D eigenvalue weighted by molar-refractivity contribution is 0.529. The first kappa shape index (κ1) is 18.5. The smallest absolute Gasteiger partial charge is 0.174 e. The number of thiocarbonyl (C=S) groups is 1. The average Bonchev–Trinajstić information content (AvgIpc) is 3.32. The Hall–Kier alpha value is -2.86. The Labute approximate surface area is 171 Å². The Morgan fingerprint density at radius 1 is 1.07 bits per heavy atom. The van der Waals surface area contributed by atoms with E-state index in [-0.39, 0.29) is 12.1 Å². The molecule has 0 saturated carbocycles. The largest absolute Gasteiger partial charge is 0.378 e. The molecule has 1 N–H and O–H groups in total. The Morgan fingerprint density at radius 2 is 1.86 bits per heavy atom. The van der Waals surface area contributed by atoms with E-state index in [2.05, 4.69) is 80.3 Å². The number of hydrogen-bond donors (Lipinski definition) is 1. The van der Waals surface area contributed by atoms with Crippen molar-refractivity contribution < 1.29 is 0 Å². The topological polar surface area (TPSA) is 36.3 Å². The summed E-state index contributed by atoms with van der Waals surface area (Å²) in [5, 5.41) is 4.24. The van der Waals surface area contributed by atoms with Gasteiger partial charge in [-0.25, -0.2) is 0 Å². The highest BCUT2D eigenvalue weighted by Gasteiger charge is 2.41. The van der Waals surface area contributed by atoms with Crippen LogP contribution in [0.1, 0.15) is 30.4 Å². The van der Waals surface area contributed by atoms with Crippen LogP contribution in [0.25, 0.3) is 0 Å². The van der Waals surface area contributed by atoms with Crippen molar-refractivity contribution in [3.8, 4) is 0 Å².